The Balaban J connectivity index is 0.00000324. The molecule has 0 radical (unpaired) electrons. The molecule has 0 amide bonds. The Bertz CT molecular complexity index is 256. The third-order valence-electron chi connectivity index (χ3n) is 3.46. The second kappa shape index (κ2) is 10.7. The number of piperidine rings is 1. The molecule has 0 spiro atoms. The van der Waals surface area contributed by atoms with Gasteiger partial charge in [0.15, 0.2) is 5.96 Å². The molecule has 0 saturated carbocycles. The van der Waals surface area contributed by atoms with E-state index in [1.807, 2.05) is 0 Å². The summed E-state index contributed by atoms with van der Waals surface area (Å²) >= 11 is 0. The molecule has 0 aromatic carbocycles. The van der Waals surface area contributed by atoms with E-state index in [-0.39, 0.29) is 24.0 Å². The third kappa shape index (κ3) is 9.49. The molecular weight excluding hydrogens is 351 g/mol. The fraction of sp³-hybridized carbons (Fsp3) is 0.929. The SMILES string of the molecule is CC(C)CCN=C(N)NCCN1CCCC(C)C1.I. The van der Waals surface area contributed by atoms with Crippen LogP contribution in [0, 0.1) is 11.8 Å². The Morgan fingerprint density at radius 3 is 2.84 bits per heavy atom. The van der Waals surface area contributed by atoms with Crippen molar-refractivity contribution in [2.45, 2.75) is 40.0 Å². The first-order chi connectivity index (χ1) is 8.58. The quantitative estimate of drug-likeness (QED) is 0.421. The van der Waals surface area contributed by atoms with E-state index in [9.17, 15) is 0 Å². The van der Waals surface area contributed by atoms with E-state index < -0.39 is 0 Å². The van der Waals surface area contributed by atoms with Crippen LogP contribution in [0.25, 0.3) is 0 Å². The van der Waals surface area contributed by atoms with E-state index >= 15 is 0 Å². The third-order valence-corrected chi connectivity index (χ3v) is 3.46. The van der Waals surface area contributed by atoms with Crippen molar-refractivity contribution < 1.29 is 0 Å². The summed E-state index contributed by atoms with van der Waals surface area (Å²) < 4.78 is 0. The van der Waals surface area contributed by atoms with Crippen LogP contribution in [0.5, 0.6) is 0 Å². The Kier molecular flexibility index (Phi) is 10.7. The second-order valence-electron chi connectivity index (χ2n) is 5.92. The summed E-state index contributed by atoms with van der Waals surface area (Å²) in [6.45, 7) is 12.0. The zero-order valence-electron chi connectivity index (χ0n) is 12.7. The van der Waals surface area contributed by atoms with Gasteiger partial charge in [0.25, 0.3) is 0 Å². The Morgan fingerprint density at radius 1 is 1.47 bits per heavy atom. The molecule has 0 aliphatic carbocycles. The molecule has 0 aromatic rings. The average molecular weight is 382 g/mol. The molecule has 4 nitrogen and oxygen atoms in total. The van der Waals surface area contributed by atoms with Gasteiger partial charge in [-0.05, 0) is 37.6 Å². The molecule has 0 bridgehead atoms. The summed E-state index contributed by atoms with van der Waals surface area (Å²) in [5.74, 6) is 2.13. The number of halogens is 1. The van der Waals surface area contributed by atoms with Crippen molar-refractivity contribution >= 4 is 29.9 Å². The van der Waals surface area contributed by atoms with Gasteiger partial charge < -0.3 is 16.0 Å². The first-order valence-corrected chi connectivity index (χ1v) is 7.34. The van der Waals surface area contributed by atoms with Crippen molar-refractivity contribution in [3.63, 3.8) is 0 Å². The molecule has 1 rings (SSSR count). The Hall–Kier alpha value is -0.0400. The van der Waals surface area contributed by atoms with Crippen molar-refractivity contribution in [3.05, 3.63) is 0 Å². The van der Waals surface area contributed by atoms with Crippen molar-refractivity contribution in [1.29, 1.82) is 0 Å². The topological polar surface area (TPSA) is 53.6 Å². The van der Waals surface area contributed by atoms with Crippen LogP contribution < -0.4 is 11.1 Å². The van der Waals surface area contributed by atoms with Crippen molar-refractivity contribution in [2.75, 3.05) is 32.7 Å². The molecule has 5 heteroatoms. The number of aliphatic imine (C=N–C) groups is 1. The molecule has 1 aliphatic rings. The fourth-order valence-corrected chi connectivity index (χ4v) is 2.33. The van der Waals surface area contributed by atoms with Gasteiger partial charge in [-0.1, -0.05) is 20.8 Å². The van der Waals surface area contributed by atoms with Gasteiger partial charge in [-0.2, -0.15) is 0 Å². The zero-order chi connectivity index (χ0) is 13.4. The van der Waals surface area contributed by atoms with Gasteiger partial charge in [0.2, 0.25) is 0 Å². The van der Waals surface area contributed by atoms with Gasteiger partial charge in [-0.25, -0.2) is 0 Å². The Labute approximate surface area is 135 Å². The average Bonchev–Trinajstić information content (AvgIpc) is 2.28. The number of hydrogen-bond acceptors (Lipinski definition) is 2. The number of hydrogen-bond donors (Lipinski definition) is 2. The second-order valence-corrected chi connectivity index (χ2v) is 5.92. The van der Waals surface area contributed by atoms with Crippen LogP contribution in [0.4, 0.5) is 0 Å². The van der Waals surface area contributed by atoms with Crippen LogP contribution >= 0.6 is 24.0 Å². The highest BCUT2D eigenvalue weighted by molar-refractivity contribution is 14.0. The van der Waals surface area contributed by atoms with E-state index in [0.29, 0.717) is 11.9 Å². The molecule has 1 aliphatic heterocycles. The monoisotopic (exact) mass is 382 g/mol. The molecule has 114 valence electrons. The summed E-state index contributed by atoms with van der Waals surface area (Å²) in [4.78, 5) is 6.84. The lowest BCUT2D eigenvalue weighted by molar-refractivity contribution is 0.187. The van der Waals surface area contributed by atoms with Gasteiger partial charge in [0, 0.05) is 26.2 Å². The van der Waals surface area contributed by atoms with Crippen molar-refractivity contribution in [2.24, 2.45) is 22.6 Å². The standard InChI is InChI=1S/C14H30N4.HI/c1-12(2)6-7-16-14(15)17-8-10-18-9-4-5-13(3)11-18;/h12-13H,4-11H2,1-3H3,(H3,15,16,17);1H. The van der Waals surface area contributed by atoms with Crippen LogP contribution in [0.15, 0.2) is 4.99 Å². The molecule has 1 fully saturated rings. The predicted molar refractivity (Wildman–Crippen MR) is 94.2 cm³/mol. The normalized spacial score (nSPS) is 21.3. The van der Waals surface area contributed by atoms with E-state index in [2.05, 4.69) is 36.0 Å². The molecule has 1 unspecified atom stereocenters. The predicted octanol–water partition coefficient (Wildman–Crippen LogP) is 2.29. The lowest BCUT2D eigenvalue weighted by Gasteiger charge is -2.30. The van der Waals surface area contributed by atoms with Gasteiger partial charge in [0.05, 0.1) is 0 Å². The maximum absolute atomic E-state index is 5.82. The number of nitrogens with two attached hydrogens (primary N) is 1. The van der Waals surface area contributed by atoms with Gasteiger partial charge in [-0.15, -0.1) is 24.0 Å². The fourth-order valence-electron chi connectivity index (χ4n) is 2.33. The summed E-state index contributed by atoms with van der Waals surface area (Å²) in [6.07, 6.45) is 3.81. The first-order valence-electron chi connectivity index (χ1n) is 7.34. The van der Waals surface area contributed by atoms with Crippen LogP contribution in [0.2, 0.25) is 0 Å². The number of guanidine groups is 1. The molecule has 1 heterocycles. The summed E-state index contributed by atoms with van der Waals surface area (Å²) in [6, 6.07) is 0. The van der Waals surface area contributed by atoms with E-state index in [0.717, 1.165) is 32.0 Å². The highest BCUT2D eigenvalue weighted by atomic mass is 127. The highest BCUT2D eigenvalue weighted by Crippen LogP contribution is 2.14. The van der Waals surface area contributed by atoms with Crippen LogP contribution in [0.1, 0.15) is 40.0 Å². The minimum absolute atomic E-state index is 0. The largest absolute Gasteiger partial charge is 0.370 e. The molecule has 1 atom stereocenters. The highest BCUT2D eigenvalue weighted by Gasteiger charge is 2.15. The Morgan fingerprint density at radius 2 is 2.21 bits per heavy atom. The van der Waals surface area contributed by atoms with Gasteiger partial charge in [-0.3, -0.25) is 4.99 Å². The van der Waals surface area contributed by atoms with Gasteiger partial charge in [0.1, 0.15) is 0 Å². The van der Waals surface area contributed by atoms with E-state index in [4.69, 9.17) is 5.73 Å². The lowest BCUT2D eigenvalue weighted by Crippen LogP contribution is -2.42. The molecule has 19 heavy (non-hydrogen) atoms. The zero-order valence-corrected chi connectivity index (χ0v) is 15.0. The molecule has 3 N–H and O–H groups in total. The minimum Gasteiger partial charge on any atom is -0.370 e. The van der Waals surface area contributed by atoms with Crippen LogP contribution in [-0.4, -0.2) is 43.6 Å². The van der Waals surface area contributed by atoms with E-state index in [1.54, 1.807) is 0 Å². The van der Waals surface area contributed by atoms with Crippen molar-refractivity contribution in [3.8, 4) is 0 Å². The van der Waals surface area contributed by atoms with Crippen LogP contribution in [-0.2, 0) is 0 Å². The maximum atomic E-state index is 5.82. The molecule has 1 saturated heterocycles. The number of rotatable bonds is 6. The number of nitrogens with one attached hydrogen (secondary N) is 1. The molecular formula is C14H31IN4. The first kappa shape index (κ1) is 19.0. The van der Waals surface area contributed by atoms with Crippen molar-refractivity contribution in [1.82, 2.24) is 10.2 Å². The number of nitrogens with zero attached hydrogens (tertiary/aromatic N) is 2. The van der Waals surface area contributed by atoms with Crippen LogP contribution in [0.3, 0.4) is 0 Å². The van der Waals surface area contributed by atoms with Gasteiger partial charge >= 0.3 is 0 Å². The summed E-state index contributed by atoms with van der Waals surface area (Å²) in [5, 5.41) is 3.20. The number of likely N-dealkylation sites (tertiary alicyclic amines) is 1. The maximum Gasteiger partial charge on any atom is 0.188 e. The van der Waals surface area contributed by atoms with E-state index in [1.165, 1.54) is 25.9 Å². The minimum atomic E-state index is 0. The lowest BCUT2D eigenvalue weighted by atomic mass is 10.0. The smallest absolute Gasteiger partial charge is 0.188 e. The molecule has 0 aromatic heterocycles. The summed E-state index contributed by atoms with van der Waals surface area (Å²) in [7, 11) is 0. The summed E-state index contributed by atoms with van der Waals surface area (Å²) in [5.41, 5.74) is 5.82.